The van der Waals surface area contributed by atoms with Crippen LogP contribution in [0.3, 0.4) is 0 Å². The number of rotatable bonds is 7. The zero-order chi connectivity index (χ0) is 11.0. The largest absolute Gasteiger partial charge is 0.162 e. The number of halogens is 1. The van der Waals surface area contributed by atoms with Crippen molar-refractivity contribution >= 4 is 27.7 Å². The molecule has 0 saturated carbocycles. The van der Waals surface area contributed by atoms with E-state index in [9.17, 15) is 0 Å². The van der Waals surface area contributed by atoms with Gasteiger partial charge in [0.1, 0.15) is 0 Å². The molecular formula is C12H25BrS. The third-order valence-electron chi connectivity index (χ3n) is 2.62. The number of unbranched alkanes of at least 4 members (excludes halogenated alkanes) is 2. The maximum atomic E-state index is 3.62. The molecule has 86 valence electrons. The fraction of sp³-hybridized carbons (Fsp3) is 1.00. The summed E-state index contributed by atoms with van der Waals surface area (Å²) in [7, 11) is 0. The summed E-state index contributed by atoms with van der Waals surface area (Å²) in [4.78, 5) is 0. The third kappa shape index (κ3) is 7.17. The van der Waals surface area contributed by atoms with E-state index in [4.69, 9.17) is 0 Å². The van der Waals surface area contributed by atoms with Gasteiger partial charge in [-0.15, -0.1) is 0 Å². The summed E-state index contributed by atoms with van der Waals surface area (Å²) in [6.07, 6.45) is 4.11. The molecule has 0 amide bonds. The smallest absolute Gasteiger partial charge is 0.00725 e. The Kier molecular flexibility index (Phi) is 8.51. The molecule has 0 aliphatic rings. The number of hydrogen-bond acceptors (Lipinski definition) is 1. The van der Waals surface area contributed by atoms with Gasteiger partial charge >= 0.3 is 0 Å². The lowest BCUT2D eigenvalue weighted by molar-refractivity contribution is 0.295. The molecule has 0 aromatic heterocycles. The predicted octanol–water partition coefficient (Wildman–Crippen LogP) is 4.97. The fourth-order valence-electron chi connectivity index (χ4n) is 1.21. The maximum Gasteiger partial charge on any atom is 0.00725 e. The second-order valence-corrected chi connectivity index (χ2v) is 6.80. The van der Waals surface area contributed by atoms with Gasteiger partial charge in [-0.25, -0.2) is 0 Å². The maximum absolute atomic E-state index is 3.62. The van der Waals surface area contributed by atoms with Crippen LogP contribution in [0.25, 0.3) is 0 Å². The Morgan fingerprint density at radius 3 is 2.29 bits per heavy atom. The Labute approximate surface area is 103 Å². The van der Waals surface area contributed by atoms with Crippen molar-refractivity contribution in [2.24, 2.45) is 11.3 Å². The molecule has 0 spiro atoms. The van der Waals surface area contributed by atoms with E-state index in [1.807, 2.05) is 0 Å². The first-order chi connectivity index (χ1) is 6.52. The highest BCUT2D eigenvalue weighted by atomic mass is 79.9. The van der Waals surface area contributed by atoms with Crippen LogP contribution in [0.15, 0.2) is 0 Å². The summed E-state index contributed by atoms with van der Waals surface area (Å²) in [5, 5.41) is 1.14. The lowest BCUT2D eigenvalue weighted by atomic mass is 9.83. The van der Waals surface area contributed by atoms with E-state index in [0.717, 1.165) is 11.2 Å². The highest BCUT2D eigenvalue weighted by Crippen LogP contribution is 2.30. The molecule has 0 radical (unpaired) electrons. The Bertz CT molecular complexity index is 129. The van der Waals surface area contributed by atoms with Crippen LogP contribution in [-0.2, 0) is 0 Å². The van der Waals surface area contributed by atoms with Gasteiger partial charge in [0, 0.05) is 5.33 Å². The third-order valence-corrected chi connectivity index (χ3v) is 4.62. The molecule has 0 aromatic rings. The minimum Gasteiger partial charge on any atom is -0.162 e. The normalized spacial score (nSPS) is 14.4. The van der Waals surface area contributed by atoms with Crippen molar-refractivity contribution in [2.75, 3.05) is 16.8 Å². The van der Waals surface area contributed by atoms with Gasteiger partial charge in [0.05, 0.1) is 0 Å². The van der Waals surface area contributed by atoms with E-state index in [-0.39, 0.29) is 0 Å². The molecule has 1 unspecified atom stereocenters. The Hall–Kier alpha value is 0.830. The first kappa shape index (κ1) is 14.8. The van der Waals surface area contributed by atoms with Crippen LogP contribution in [0.4, 0.5) is 0 Å². The molecule has 0 bridgehead atoms. The van der Waals surface area contributed by atoms with Gasteiger partial charge < -0.3 is 0 Å². The van der Waals surface area contributed by atoms with Gasteiger partial charge in [0.25, 0.3) is 0 Å². The Morgan fingerprint density at radius 1 is 1.21 bits per heavy atom. The van der Waals surface area contributed by atoms with E-state index >= 15 is 0 Å². The summed E-state index contributed by atoms with van der Waals surface area (Å²) in [5.41, 5.74) is 0.446. The van der Waals surface area contributed by atoms with Crippen molar-refractivity contribution in [1.82, 2.24) is 0 Å². The molecule has 2 heteroatoms. The molecule has 0 aliphatic carbocycles. The lowest BCUT2D eigenvalue weighted by Crippen LogP contribution is -2.24. The summed E-state index contributed by atoms with van der Waals surface area (Å²) < 4.78 is 0. The van der Waals surface area contributed by atoms with E-state index in [2.05, 4.69) is 55.4 Å². The van der Waals surface area contributed by atoms with Crippen LogP contribution in [0, 0.1) is 11.3 Å². The molecule has 0 aromatic carbocycles. The van der Waals surface area contributed by atoms with Gasteiger partial charge in [-0.1, -0.05) is 56.5 Å². The van der Waals surface area contributed by atoms with E-state index in [1.54, 1.807) is 0 Å². The predicted molar refractivity (Wildman–Crippen MR) is 73.6 cm³/mol. The number of alkyl halides is 1. The van der Waals surface area contributed by atoms with Crippen LogP contribution >= 0.6 is 27.7 Å². The van der Waals surface area contributed by atoms with Crippen molar-refractivity contribution < 1.29 is 0 Å². The van der Waals surface area contributed by atoms with E-state index < -0.39 is 0 Å². The zero-order valence-electron chi connectivity index (χ0n) is 10.1. The molecule has 0 nitrogen and oxygen atoms in total. The van der Waals surface area contributed by atoms with Crippen molar-refractivity contribution in [3.8, 4) is 0 Å². The Morgan fingerprint density at radius 2 is 1.86 bits per heavy atom. The standard InChI is InChI=1S/C12H25BrS/c1-5-6-7-8-14-10-11(9-13)12(2,3)4/h11H,5-10H2,1-4H3. The summed E-state index contributed by atoms with van der Waals surface area (Å²) >= 11 is 5.74. The molecular weight excluding hydrogens is 256 g/mol. The van der Waals surface area contributed by atoms with Crippen LogP contribution in [0.2, 0.25) is 0 Å². The molecule has 0 heterocycles. The molecule has 0 aliphatic heterocycles. The molecule has 14 heavy (non-hydrogen) atoms. The summed E-state index contributed by atoms with van der Waals surface area (Å²) in [6.45, 7) is 9.28. The minimum absolute atomic E-state index is 0.446. The van der Waals surface area contributed by atoms with Gasteiger partial charge in [-0.05, 0) is 29.3 Å². The van der Waals surface area contributed by atoms with Gasteiger partial charge in [0.2, 0.25) is 0 Å². The summed E-state index contributed by atoms with van der Waals surface area (Å²) in [6, 6.07) is 0. The van der Waals surface area contributed by atoms with Crippen molar-refractivity contribution in [3.05, 3.63) is 0 Å². The quantitative estimate of drug-likeness (QED) is 0.469. The highest BCUT2D eigenvalue weighted by molar-refractivity contribution is 9.09. The SMILES string of the molecule is CCCCCSCC(CBr)C(C)(C)C. The first-order valence-electron chi connectivity index (χ1n) is 5.66. The topological polar surface area (TPSA) is 0 Å². The highest BCUT2D eigenvalue weighted by Gasteiger charge is 2.22. The molecule has 0 rings (SSSR count). The van der Waals surface area contributed by atoms with Gasteiger partial charge in [-0.2, -0.15) is 11.8 Å². The zero-order valence-corrected chi connectivity index (χ0v) is 12.5. The second-order valence-electron chi connectivity index (χ2n) is 5.00. The molecule has 0 saturated heterocycles. The van der Waals surface area contributed by atoms with Crippen LogP contribution in [-0.4, -0.2) is 16.8 Å². The Balaban J connectivity index is 3.54. The van der Waals surface area contributed by atoms with Crippen molar-refractivity contribution in [2.45, 2.75) is 47.0 Å². The molecule has 0 fully saturated rings. The minimum atomic E-state index is 0.446. The van der Waals surface area contributed by atoms with E-state index in [1.165, 1.54) is 30.8 Å². The van der Waals surface area contributed by atoms with Crippen LogP contribution in [0.1, 0.15) is 47.0 Å². The van der Waals surface area contributed by atoms with E-state index in [0.29, 0.717) is 5.41 Å². The van der Waals surface area contributed by atoms with Crippen LogP contribution < -0.4 is 0 Å². The number of thioether (sulfide) groups is 1. The fourth-order valence-corrected chi connectivity index (χ4v) is 4.19. The van der Waals surface area contributed by atoms with Crippen LogP contribution in [0.5, 0.6) is 0 Å². The van der Waals surface area contributed by atoms with Gasteiger partial charge in [-0.3, -0.25) is 0 Å². The summed E-state index contributed by atoms with van der Waals surface area (Å²) in [5.74, 6) is 3.44. The average Bonchev–Trinajstić information content (AvgIpc) is 2.09. The number of hydrogen-bond donors (Lipinski definition) is 0. The monoisotopic (exact) mass is 280 g/mol. The first-order valence-corrected chi connectivity index (χ1v) is 7.93. The average molecular weight is 281 g/mol. The van der Waals surface area contributed by atoms with Crippen molar-refractivity contribution in [3.63, 3.8) is 0 Å². The molecule has 0 N–H and O–H groups in total. The van der Waals surface area contributed by atoms with Crippen molar-refractivity contribution in [1.29, 1.82) is 0 Å². The van der Waals surface area contributed by atoms with Gasteiger partial charge in [0.15, 0.2) is 0 Å². The molecule has 1 atom stereocenters. The lowest BCUT2D eigenvalue weighted by Gasteiger charge is -2.28. The second kappa shape index (κ2) is 8.04.